The van der Waals surface area contributed by atoms with Gasteiger partial charge in [-0.3, -0.25) is 19.3 Å². The molecule has 7 heteroatoms. The van der Waals surface area contributed by atoms with Crippen LogP contribution in [0.5, 0.6) is 0 Å². The number of urea groups is 1. The lowest BCUT2D eigenvalue weighted by Crippen LogP contribution is -2.49. The lowest BCUT2D eigenvalue weighted by Gasteiger charge is -2.26. The molecule has 0 unspecified atom stereocenters. The molecule has 0 aromatic carbocycles. The molecule has 1 saturated heterocycles. The molecule has 0 spiro atoms. The van der Waals surface area contributed by atoms with E-state index in [9.17, 15) is 19.2 Å². The maximum absolute atomic E-state index is 12.3. The zero-order valence-electron chi connectivity index (χ0n) is 13.3. The minimum absolute atomic E-state index is 0.205. The van der Waals surface area contributed by atoms with Gasteiger partial charge in [-0.2, -0.15) is 0 Å². The first-order valence-electron chi connectivity index (χ1n) is 7.77. The quantitative estimate of drug-likeness (QED) is 0.607. The highest BCUT2D eigenvalue weighted by Gasteiger charge is 2.48. The predicted molar refractivity (Wildman–Crippen MR) is 78.7 cm³/mol. The van der Waals surface area contributed by atoms with E-state index in [4.69, 9.17) is 0 Å². The van der Waals surface area contributed by atoms with Crippen LogP contribution in [-0.4, -0.2) is 51.7 Å². The second kappa shape index (κ2) is 6.06. The number of hydrogen-bond acceptors (Lipinski definition) is 4. The van der Waals surface area contributed by atoms with Crippen molar-refractivity contribution in [3.63, 3.8) is 0 Å². The zero-order valence-corrected chi connectivity index (χ0v) is 13.3. The van der Waals surface area contributed by atoms with Crippen LogP contribution in [0.15, 0.2) is 0 Å². The molecule has 1 N–H and O–H groups in total. The molecular formula is C15H23N3O4. The fourth-order valence-electron chi connectivity index (χ4n) is 2.80. The monoisotopic (exact) mass is 309 g/mol. The average Bonchev–Trinajstić information content (AvgIpc) is 3.02. The topological polar surface area (TPSA) is 86.8 Å². The lowest BCUT2D eigenvalue weighted by atomic mass is 10.0. The van der Waals surface area contributed by atoms with Crippen molar-refractivity contribution >= 4 is 23.8 Å². The van der Waals surface area contributed by atoms with Crippen molar-refractivity contribution in [3.05, 3.63) is 0 Å². The smallest absolute Gasteiger partial charge is 0.334 e. The summed E-state index contributed by atoms with van der Waals surface area (Å²) in [5, 5.41) is 2.76. The Kier molecular flexibility index (Phi) is 4.53. The van der Waals surface area contributed by atoms with Crippen molar-refractivity contribution in [3.8, 4) is 0 Å². The van der Waals surface area contributed by atoms with Crippen molar-refractivity contribution in [1.82, 2.24) is 15.1 Å². The molecule has 0 radical (unpaired) electrons. The Balaban J connectivity index is 2.05. The number of hydrogen-bond donors (Lipinski definition) is 1. The van der Waals surface area contributed by atoms with E-state index in [-0.39, 0.29) is 6.04 Å². The van der Waals surface area contributed by atoms with Crippen LogP contribution >= 0.6 is 0 Å². The fraction of sp³-hybridized carbons (Fsp3) is 0.733. The SMILES string of the molecule is CCC(C)(C)NC(=O)CN1C(=O)C(=O)N(C2CCCC2)C1=O. The van der Waals surface area contributed by atoms with Crippen LogP contribution in [0.2, 0.25) is 0 Å². The summed E-state index contributed by atoms with van der Waals surface area (Å²) in [5.74, 6) is -2.14. The second-order valence-corrected chi connectivity index (χ2v) is 6.57. The molecule has 2 aliphatic rings. The molecule has 122 valence electrons. The number of carbonyl (C=O) groups is 4. The van der Waals surface area contributed by atoms with Gasteiger partial charge >= 0.3 is 17.8 Å². The molecule has 2 rings (SSSR count). The molecule has 5 amide bonds. The first kappa shape index (κ1) is 16.5. The number of nitrogens with one attached hydrogen (secondary N) is 1. The van der Waals surface area contributed by atoms with Crippen molar-refractivity contribution in [2.75, 3.05) is 6.54 Å². The van der Waals surface area contributed by atoms with Gasteiger partial charge in [0.05, 0.1) is 0 Å². The lowest BCUT2D eigenvalue weighted by molar-refractivity contribution is -0.144. The summed E-state index contributed by atoms with van der Waals surface area (Å²) in [4.78, 5) is 50.1. The fourth-order valence-corrected chi connectivity index (χ4v) is 2.80. The van der Waals surface area contributed by atoms with Gasteiger partial charge in [-0.25, -0.2) is 9.69 Å². The molecule has 22 heavy (non-hydrogen) atoms. The maximum atomic E-state index is 12.3. The Bertz CT molecular complexity index is 509. The summed E-state index contributed by atoms with van der Waals surface area (Å²) in [7, 11) is 0. The van der Waals surface area contributed by atoms with Crippen LogP contribution in [-0.2, 0) is 14.4 Å². The van der Waals surface area contributed by atoms with Crippen LogP contribution in [0.4, 0.5) is 4.79 Å². The number of carbonyl (C=O) groups excluding carboxylic acids is 4. The van der Waals surface area contributed by atoms with Gasteiger partial charge in [0.1, 0.15) is 6.54 Å². The average molecular weight is 309 g/mol. The molecule has 2 fully saturated rings. The predicted octanol–water partition coefficient (Wildman–Crippen LogP) is 1.02. The van der Waals surface area contributed by atoms with E-state index in [1.54, 1.807) is 0 Å². The molecule has 0 aromatic heterocycles. The number of amides is 5. The molecule has 0 bridgehead atoms. The maximum Gasteiger partial charge on any atom is 0.334 e. The standard InChI is InChI=1S/C15H23N3O4/c1-4-15(2,3)16-11(19)9-17-12(20)13(21)18(14(17)22)10-7-5-6-8-10/h10H,4-9H2,1-3H3,(H,16,19). The first-order valence-corrected chi connectivity index (χ1v) is 7.77. The Hall–Kier alpha value is -1.92. The van der Waals surface area contributed by atoms with Crippen LogP contribution < -0.4 is 5.32 Å². The van der Waals surface area contributed by atoms with Crippen molar-refractivity contribution in [2.24, 2.45) is 0 Å². The zero-order chi connectivity index (χ0) is 16.5. The van der Waals surface area contributed by atoms with E-state index in [2.05, 4.69) is 5.32 Å². The first-order chi connectivity index (χ1) is 10.3. The second-order valence-electron chi connectivity index (χ2n) is 6.57. The molecule has 0 atom stereocenters. The van der Waals surface area contributed by atoms with Crippen LogP contribution in [0.25, 0.3) is 0 Å². The summed E-state index contributed by atoms with van der Waals surface area (Å²) in [5.41, 5.74) is -0.419. The number of imide groups is 2. The van der Waals surface area contributed by atoms with E-state index >= 15 is 0 Å². The van der Waals surface area contributed by atoms with Gasteiger partial charge in [0, 0.05) is 11.6 Å². The Labute approximate surface area is 130 Å². The number of rotatable bonds is 5. The van der Waals surface area contributed by atoms with Gasteiger partial charge < -0.3 is 5.32 Å². The molecule has 0 aromatic rings. The van der Waals surface area contributed by atoms with Gasteiger partial charge in [0.25, 0.3) is 0 Å². The summed E-state index contributed by atoms with van der Waals surface area (Å²) in [6.07, 6.45) is 4.07. The van der Waals surface area contributed by atoms with Crippen LogP contribution in [0.3, 0.4) is 0 Å². The molecule has 1 aliphatic carbocycles. The van der Waals surface area contributed by atoms with Gasteiger partial charge in [-0.1, -0.05) is 19.8 Å². The van der Waals surface area contributed by atoms with Gasteiger partial charge in [-0.05, 0) is 33.1 Å². The number of nitrogens with zero attached hydrogens (tertiary/aromatic N) is 2. The van der Waals surface area contributed by atoms with Gasteiger partial charge in [-0.15, -0.1) is 0 Å². The van der Waals surface area contributed by atoms with Crippen LogP contribution in [0.1, 0.15) is 52.9 Å². The van der Waals surface area contributed by atoms with Crippen molar-refractivity contribution in [2.45, 2.75) is 64.5 Å². The Morgan fingerprint density at radius 1 is 1.18 bits per heavy atom. The van der Waals surface area contributed by atoms with Crippen molar-refractivity contribution < 1.29 is 19.2 Å². The van der Waals surface area contributed by atoms with Gasteiger partial charge in [0.15, 0.2) is 0 Å². The van der Waals surface area contributed by atoms with Gasteiger partial charge in [0.2, 0.25) is 5.91 Å². The normalized spacial score (nSPS) is 20.2. The van der Waals surface area contributed by atoms with E-state index in [0.717, 1.165) is 35.5 Å². The molecule has 7 nitrogen and oxygen atoms in total. The third kappa shape index (κ3) is 3.13. The minimum atomic E-state index is -0.902. The Morgan fingerprint density at radius 3 is 2.32 bits per heavy atom. The van der Waals surface area contributed by atoms with E-state index in [0.29, 0.717) is 6.42 Å². The van der Waals surface area contributed by atoms with E-state index in [1.165, 1.54) is 0 Å². The summed E-state index contributed by atoms with van der Waals surface area (Å²) >= 11 is 0. The highest BCUT2D eigenvalue weighted by molar-refractivity contribution is 6.45. The third-order valence-corrected chi connectivity index (χ3v) is 4.44. The molecule has 1 saturated carbocycles. The highest BCUT2D eigenvalue weighted by atomic mass is 16.2. The summed E-state index contributed by atoms with van der Waals surface area (Å²) in [6.45, 7) is 5.23. The minimum Gasteiger partial charge on any atom is -0.350 e. The Morgan fingerprint density at radius 2 is 1.77 bits per heavy atom. The molecular weight excluding hydrogens is 286 g/mol. The summed E-state index contributed by atoms with van der Waals surface area (Å²) in [6, 6.07) is -0.865. The summed E-state index contributed by atoms with van der Waals surface area (Å²) < 4.78 is 0. The van der Waals surface area contributed by atoms with E-state index < -0.39 is 35.8 Å². The van der Waals surface area contributed by atoms with Crippen molar-refractivity contribution in [1.29, 1.82) is 0 Å². The largest absolute Gasteiger partial charge is 0.350 e. The highest BCUT2D eigenvalue weighted by Crippen LogP contribution is 2.27. The van der Waals surface area contributed by atoms with Crippen LogP contribution in [0, 0.1) is 0 Å². The molecule has 1 aliphatic heterocycles. The molecule has 1 heterocycles. The van der Waals surface area contributed by atoms with E-state index in [1.807, 2.05) is 20.8 Å². The third-order valence-electron chi connectivity index (χ3n) is 4.44.